The molecule has 1 aromatic rings. The first kappa shape index (κ1) is 10.2. The van der Waals surface area contributed by atoms with Gasteiger partial charge in [-0.05, 0) is 17.9 Å². The van der Waals surface area contributed by atoms with Gasteiger partial charge in [0.2, 0.25) is 6.41 Å². The molecule has 0 saturated carbocycles. The number of likely N-dealkylation sites (tertiary alicyclic amines) is 1. The minimum atomic E-state index is 0.416. The van der Waals surface area contributed by atoms with E-state index in [2.05, 4.69) is 24.0 Å². The van der Waals surface area contributed by atoms with Crippen LogP contribution < -0.4 is 0 Å². The summed E-state index contributed by atoms with van der Waals surface area (Å²) in [5.74, 6) is 0.905. The van der Waals surface area contributed by atoms with Gasteiger partial charge in [-0.1, -0.05) is 13.8 Å². The van der Waals surface area contributed by atoms with Crippen molar-refractivity contribution in [3.63, 3.8) is 0 Å². The number of hydrogen-bond donors (Lipinski definition) is 1. The van der Waals surface area contributed by atoms with Crippen molar-refractivity contribution in [1.29, 1.82) is 0 Å². The predicted octanol–water partition coefficient (Wildman–Crippen LogP) is 1.48. The summed E-state index contributed by atoms with van der Waals surface area (Å²) in [6.07, 6.45) is 3.94. The molecule has 4 nitrogen and oxygen atoms in total. The van der Waals surface area contributed by atoms with Crippen molar-refractivity contribution in [1.82, 2.24) is 15.1 Å². The Morgan fingerprint density at radius 2 is 2.47 bits per heavy atom. The first-order valence-electron chi connectivity index (χ1n) is 5.45. The molecule has 1 saturated heterocycles. The van der Waals surface area contributed by atoms with Crippen LogP contribution in [0, 0.1) is 0 Å². The maximum atomic E-state index is 10.6. The Morgan fingerprint density at radius 3 is 3.07 bits per heavy atom. The van der Waals surface area contributed by atoms with Crippen molar-refractivity contribution >= 4 is 6.41 Å². The van der Waals surface area contributed by atoms with Crippen LogP contribution >= 0.6 is 0 Å². The number of carbonyl (C=O) groups is 1. The quantitative estimate of drug-likeness (QED) is 0.763. The Labute approximate surface area is 89.7 Å². The molecule has 0 radical (unpaired) electrons. The standard InChI is InChI=1S/C11H17N3O/c1-8(2)10-5-12-13-11(10)9-3-4-14(6-9)7-15/h5,7-9H,3-4,6H2,1-2H3,(H,12,13). The van der Waals surface area contributed by atoms with Gasteiger partial charge in [-0.2, -0.15) is 5.10 Å². The van der Waals surface area contributed by atoms with E-state index in [1.54, 1.807) is 0 Å². The number of aromatic nitrogens is 2. The van der Waals surface area contributed by atoms with Gasteiger partial charge in [-0.15, -0.1) is 0 Å². The second kappa shape index (κ2) is 4.04. The second-order valence-corrected chi connectivity index (χ2v) is 4.47. The Hall–Kier alpha value is -1.32. The van der Waals surface area contributed by atoms with E-state index in [-0.39, 0.29) is 0 Å². The third-order valence-corrected chi connectivity index (χ3v) is 3.08. The molecule has 1 fully saturated rings. The van der Waals surface area contributed by atoms with Crippen molar-refractivity contribution in [2.45, 2.75) is 32.1 Å². The second-order valence-electron chi connectivity index (χ2n) is 4.47. The van der Waals surface area contributed by atoms with Gasteiger partial charge in [0.1, 0.15) is 0 Å². The first-order valence-corrected chi connectivity index (χ1v) is 5.45. The van der Waals surface area contributed by atoms with E-state index in [0.717, 1.165) is 31.6 Å². The van der Waals surface area contributed by atoms with Crippen molar-refractivity contribution in [3.05, 3.63) is 17.5 Å². The van der Waals surface area contributed by atoms with Crippen LogP contribution in [0.2, 0.25) is 0 Å². The van der Waals surface area contributed by atoms with Gasteiger partial charge in [0.25, 0.3) is 0 Å². The molecule has 0 spiro atoms. The van der Waals surface area contributed by atoms with Crippen LogP contribution in [0.15, 0.2) is 6.20 Å². The Balaban J connectivity index is 2.16. The first-order chi connectivity index (χ1) is 7.22. The summed E-state index contributed by atoms with van der Waals surface area (Å²) >= 11 is 0. The minimum absolute atomic E-state index is 0.416. The van der Waals surface area contributed by atoms with E-state index in [1.807, 2.05) is 11.1 Å². The summed E-state index contributed by atoms with van der Waals surface area (Å²) in [6, 6.07) is 0. The SMILES string of the molecule is CC(C)c1c[nH]nc1C1CCN(C=O)C1. The molecular weight excluding hydrogens is 190 g/mol. The average molecular weight is 207 g/mol. The van der Waals surface area contributed by atoms with Crippen molar-refractivity contribution in [3.8, 4) is 0 Å². The highest BCUT2D eigenvalue weighted by Crippen LogP contribution is 2.30. The number of hydrogen-bond acceptors (Lipinski definition) is 2. The lowest BCUT2D eigenvalue weighted by molar-refractivity contribution is -0.117. The topological polar surface area (TPSA) is 49.0 Å². The largest absolute Gasteiger partial charge is 0.345 e. The smallest absolute Gasteiger partial charge is 0.209 e. The van der Waals surface area contributed by atoms with Crippen LogP contribution in [0.3, 0.4) is 0 Å². The molecule has 0 bridgehead atoms. The van der Waals surface area contributed by atoms with Crippen molar-refractivity contribution < 1.29 is 4.79 Å². The molecular formula is C11H17N3O. The number of amides is 1. The van der Waals surface area contributed by atoms with Crippen LogP contribution in [-0.2, 0) is 4.79 Å². The lowest BCUT2D eigenvalue weighted by Gasteiger charge is -2.11. The van der Waals surface area contributed by atoms with Crippen LogP contribution in [0.1, 0.15) is 43.4 Å². The Kier molecular flexibility index (Phi) is 2.75. The molecule has 1 aromatic heterocycles. The summed E-state index contributed by atoms with van der Waals surface area (Å²) in [5, 5.41) is 7.25. The molecule has 0 aliphatic carbocycles. The molecule has 82 valence electrons. The zero-order valence-electron chi connectivity index (χ0n) is 9.23. The average Bonchev–Trinajstić information content (AvgIpc) is 2.85. The van der Waals surface area contributed by atoms with Gasteiger partial charge in [-0.3, -0.25) is 9.89 Å². The molecule has 0 aromatic carbocycles. The zero-order valence-corrected chi connectivity index (χ0v) is 9.23. The van der Waals surface area contributed by atoms with Gasteiger partial charge in [0, 0.05) is 25.2 Å². The molecule has 2 rings (SSSR count). The summed E-state index contributed by atoms with van der Waals surface area (Å²) in [7, 11) is 0. The number of nitrogens with zero attached hydrogens (tertiary/aromatic N) is 2. The third-order valence-electron chi connectivity index (χ3n) is 3.08. The number of rotatable bonds is 3. The van der Waals surface area contributed by atoms with Crippen molar-refractivity contribution in [2.75, 3.05) is 13.1 Å². The predicted molar refractivity (Wildman–Crippen MR) is 57.7 cm³/mol. The molecule has 4 heteroatoms. The molecule has 1 aliphatic heterocycles. The monoisotopic (exact) mass is 207 g/mol. The summed E-state index contributed by atoms with van der Waals surface area (Å²) in [6.45, 7) is 6.01. The zero-order chi connectivity index (χ0) is 10.8. The number of aromatic amines is 1. The molecule has 1 amide bonds. The lowest BCUT2D eigenvalue weighted by Crippen LogP contribution is -2.18. The highest BCUT2D eigenvalue weighted by molar-refractivity contribution is 5.48. The van der Waals surface area contributed by atoms with E-state index < -0.39 is 0 Å². The number of nitrogens with one attached hydrogen (secondary N) is 1. The molecule has 1 aliphatic rings. The molecule has 2 heterocycles. The van der Waals surface area contributed by atoms with Crippen LogP contribution in [0.4, 0.5) is 0 Å². The van der Waals surface area contributed by atoms with Crippen LogP contribution in [0.25, 0.3) is 0 Å². The van der Waals surface area contributed by atoms with E-state index in [0.29, 0.717) is 11.8 Å². The number of H-pyrrole nitrogens is 1. The molecule has 1 unspecified atom stereocenters. The van der Waals surface area contributed by atoms with E-state index in [1.165, 1.54) is 5.56 Å². The fourth-order valence-electron chi connectivity index (χ4n) is 2.21. The fraction of sp³-hybridized carbons (Fsp3) is 0.636. The van der Waals surface area contributed by atoms with Gasteiger partial charge < -0.3 is 4.90 Å². The minimum Gasteiger partial charge on any atom is -0.345 e. The van der Waals surface area contributed by atoms with E-state index >= 15 is 0 Å². The van der Waals surface area contributed by atoms with Gasteiger partial charge in [0.05, 0.1) is 5.69 Å². The fourth-order valence-corrected chi connectivity index (χ4v) is 2.21. The number of carbonyl (C=O) groups excluding carboxylic acids is 1. The van der Waals surface area contributed by atoms with Crippen LogP contribution in [-0.4, -0.2) is 34.6 Å². The molecule has 1 N–H and O–H groups in total. The van der Waals surface area contributed by atoms with Gasteiger partial charge in [-0.25, -0.2) is 0 Å². The maximum Gasteiger partial charge on any atom is 0.209 e. The summed E-state index contributed by atoms with van der Waals surface area (Å²) < 4.78 is 0. The maximum absolute atomic E-state index is 10.6. The third kappa shape index (κ3) is 1.89. The lowest BCUT2D eigenvalue weighted by atomic mass is 9.95. The van der Waals surface area contributed by atoms with Crippen molar-refractivity contribution in [2.24, 2.45) is 0 Å². The van der Waals surface area contributed by atoms with Gasteiger partial charge in [0.15, 0.2) is 0 Å². The Bertz CT molecular complexity index is 345. The van der Waals surface area contributed by atoms with E-state index in [9.17, 15) is 4.79 Å². The van der Waals surface area contributed by atoms with Gasteiger partial charge >= 0.3 is 0 Å². The van der Waals surface area contributed by atoms with Crippen LogP contribution in [0.5, 0.6) is 0 Å². The highest BCUT2D eigenvalue weighted by atomic mass is 16.1. The molecule has 1 atom stereocenters. The summed E-state index contributed by atoms with van der Waals surface area (Å²) in [4.78, 5) is 12.5. The highest BCUT2D eigenvalue weighted by Gasteiger charge is 2.27. The Morgan fingerprint density at radius 1 is 1.67 bits per heavy atom. The molecule has 15 heavy (non-hydrogen) atoms. The normalized spacial score (nSPS) is 21.3. The summed E-state index contributed by atoms with van der Waals surface area (Å²) in [5.41, 5.74) is 2.43. The van der Waals surface area contributed by atoms with E-state index in [4.69, 9.17) is 0 Å².